The van der Waals surface area contributed by atoms with Crippen LogP contribution in [0, 0.1) is 0 Å². The molecule has 0 amide bonds. The molecule has 0 spiro atoms. The van der Waals surface area contributed by atoms with Crippen molar-refractivity contribution < 1.29 is 10.2 Å². The molecular formula is C4H12N2O2. The monoisotopic (exact) mass is 120 g/mol. The summed E-state index contributed by atoms with van der Waals surface area (Å²) < 4.78 is 0. The van der Waals surface area contributed by atoms with Crippen LogP contribution in [-0.4, -0.2) is 29.5 Å². The number of aliphatic hydroxyl groups excluding tert-OH is 2. The van der Waals surface area contributed by atoms with E-state index in [1.807, 2.05) is 0 Å². The smallest absolute Gasteiger partial charge is 0.0599 e. The molecule has 0 radical (unpaired) electrons. The van der Waals surface area contributed by atoms with Crippen molar-refractivity contribution in [2.24, 2.45) is 5.84 Å². The number of aliphatic hydroxyl groups is 2. The van der Waals surface area contributed by atoms with Gasteiger partial charge in [-0.25, -0.2) is 0 Å². The molecule has 1 unspecified atom stereocenters. The quantitative estimate of drug-likeness (QED) is 0.260. The first-order chi connectivity index (χ1) is 3.85. The molecule has 0 aliphatic rings. The number of hydrogen-bond donors (Lipinski definition) is 4. The highest BCUT2D eigenvalue weighted by molar-refractivity contribution is 4.58. The Balaban J connectivity index is 3.07. The first kappa shape index (κ1) is 7.84. The van der Waals surface area contributed by atoms with Gasteiger partial charge in [0.2, 0.25) is 0 Å². The van der Waals surface area contributed by atoms with Gasteiger partial charge in [0, 0.05) is 12.6 Å². The lowest BCUT2D eigenvalue weighted by atomic mass is 10.2. The molecule has 4 nitrogen and oxygen atoms in total. The van der Waals surface area contributed by atoms with Gasteiger partial charge in [0.05, 0.1) is 6.61 Å². The molecule has 0 aromatic carbocycles. The Kier molecular flexibility index (Phi) is 4.89. The Bertz CT molecular complexity index is 47.3. The fraction of sp³-hybridized carbons (Fsp3) is 1.00. The van der Waals surface area contributed by atoms with E-state index in [4.69, 9.17) is 16.1 Å². The van der Waals surface area contributed by atoms with Crippen molar-refractivity contribution in [3.8, 4) is 0 Å². The van der Waals surface area contributed by atoms with Gasteiger partial charge in [0.15, 0.2) is 0 Å². The lowest BCUT2D eigenvalue weighted by Crippen LogP contribution is -2.38. The van der Waals surface area contributed by atoms with Crippen molar-refractivity contribution in [3.05, 3.63) is 0 Å². The zero-order valence-electron chi connectivity index (χ0n) is 4.67. The number of nitrogens with two attached hydrogens (primary N) is 1. The minimum absolute atomic E-state index is 0.0307. The second kappa shape index (κ2) is 4.99. The molecule has 50 valence electrons. The van der Waals surface area contributed by atoms with Crippen molar-refractivity contribution >= 4 is 0 Å². The summed E-state index contributed by atoms with van der Waals surface area (Å²) in [4.78, 5) is 0. The van der Waals surface area contributed by atoms with E-state index in [0.29, 0.717) is 6.42 Å². The third kappa shape index (κ3) is 2.92. The van der Waals surface area contributed by atoms with Gasteiger partial charge >= 0.3 is 0 Å². The third-order valence-electron chi connectivity index (χ3n) is 0.934. The predicted molar refractivity (Wildman–Crippen MR) is 29.9 cm³/mol. The Morgan fingerprint density at radius 1 is 1.50 bits per heavy atom. The summed E-state index contributed by atoms with van der Waals surface area (Å²) in [5.74, 6) is 4.95. The SMILES string of the molecule is NNC(CO)CCO. The van der Waals surface area contributed by atoms with Crippen LogP contribution in [-0.2, 0) is 0 Å². The number of hydrogen-bond acceptors (Lipinski definition) is 4. The van der Waals surface area contributed by atoms with E-state index in [2.05, 4.69) is 5.43 Å². The number of nitrogens with one attached hydrogen (secondary N) is 1. The van der Waals surface area contributed by atoms with Crippen LogP contribution in [0.4, 0.5) is 0 Å². The van der Waals surface area contributed by atoms with Gasteiger partial charge in [0.25, 0.3) is 0 Å². The molecule has 4 heteroatoms. The zero-order valence-corrected chi connectivity index (χ0v) is 4.67. The van der Waals surface area contributed by atoms with Crippen LogP contribution in [0.25, 0.3) is 0 Å². The van der Waals surface area contributed by atoms with Crippen LogP contribution in [0.2, 0.25) is 0 Å². The molecule has 0 aliphatic heterocycles. The van der Waals surface area contributed by atoms with Crippen molar-refractivity contribution in [1.82, 2.24) is 5.43 Å². The van der Waals surface area contributed by atoms with Gasteiger partial charge in [-0.2, -0.15) is 0 Å². The molecule has 0 fully saturated rings. The molecule has 0 saturated heterocycles. The average Bonchev–Trinajstić information content (AvgIpc) is 1.83. The standard InChI is InChI=1S/C4H12N2O2/c5-6-4(3-8)1-2-7/h4,6-8H,1-3,5H2. The van der Waals surface area contributed by atoms with Crippen LogP contribution >= 0.6 is 0 Å². The first-order valence-corrected chi connectivity index (χ1v) is 2.53. The van der Waals surface area contributed by atoms with E-state index >= 15 is 0 Å². The van der Waals surface area contributed by atoms with E-state index in [-0.39, 0.29) is 19.3 Å². The van der Waals surface area contributed by atoms with Gasteiger partial charge in [-0.05, 0) is 6.42 Å². The molecule has 0 rings (SSSR count). The Hall–Kier alpha value is -0.160. The van der Waals surface area contributed by atoms with Crippen molar-refractivity contribution in [1.29, 1.82) is 0 Å². The van der Waals surface area contributed by atoms with E-state index in [0.717, 1.165) is 0 Å². The maximum Gasteiger partial charge on any atom is 0.0599 e. The van der Waals surface area contributed by atoms with Crippen molar-refractivity contribution in [2.45, 2.75) is 12.5 Å². The van der Waals surface area contributed by atoms with Crippen molar-refractivity contribution in [3.63, 3.8) is 0 Å². The molecule has 1 atom stereocenters. The van der Waals surface area contributed by atoms with E-state index in [1.165, 1.54) is 0 Å². The Morgan fingerprint density at radius 3 is 2.25 bits per heavy atom. The minimum atomic E-state index is -0.167. The summed E-state index contributed by atoms with van der Waals surface area (Å²) in [6.45, 7) is 0.0203. The van der Waals surface area contributed by atoms with Crippen LogP contribution in [0.1, 0.15) is 6.42 Å². The summed E-state index contributed by atoms with van der Waals surface area (Å²) in [5.41, 5.74) is 2.34. The van der Waals surface area contributed by atoms with Gasteiger partial charge in [-0.1, -0.05) is 0 Å². The summed E-state index contributed by atoms with van der Waals surface area (Å²) in [5, 5.41) is 16.7. The number of rotatable bonds is 4. The molecular weight excluding hydrogens is 108 g/mol. The van der Waals surface area contributed by atoms with Gasteiger partial charge < -0.3 is 10.2 Å². The first-order valence-electron chi connectivity index (χ1n) is 2.53. The molecule has 0 heterocycles. The summed E-state index contributed by atoms with van der Waals surface area (Å²) in [6, 6.07) is -0.167. The second-order valence-corrected chi connectivity index (χ2v) is 1.56. The molecule has 5 N–H and O–H groups in total. The van der Waals surface area contributed by atoms with Crippen LogP contribution < -0.4 is 11.3 Å². The number of hydrazine groups is 1. The van der Waals surface area contributed by atoms with Crippen molar-refractivity contribution in [2.75, 3.05) is 13.2 Å². The predicted octanol–water partition coefficient (Wildman–Crippen LogP) is -1.81. The third-order valence-corrected chi connectivity index (χ3v) is 0.934. The van der Waals surface area contributed by atoms with Crippen LogP contribution in [0.3, 0.4) is 0 Å². The summed E-state index contributed by atoms with van der Waals surface area (Å²) >= 11 is 0. The van der Waals surface area contributed by atoms with E-state index in [1.54, 1.807) is 0 Å². The molecule has 0 aromatic rings. The second-order valence-electron chi connectivity index (χ2n) is 1.56. The lowest BCUT2D eigenvalue weighted by Gasteiger charge is -2.08. The van der Waals surface area contributed by atoms with Gasteiger partial charge in [-0.15, -0.1) is 0 Å². The van der Waals surface area contributed by atoms with Gasteiger partial charge in [-0.3, -0.25) is 11.3 Å². The molecule has 8 heavy (non-hydrogen) atoms. The largest absolute Gasteiger partial charge is 0.396 e. The van der Waals surface area contributed by atoms with E-state index in [9.17, 15) is 0 Å². The maximum atomic E-state index is 8.40. The Morgan fingerprint density at radius 2 is 2.12 bits per heavy atom. The summed E-state index contributed by atoms with van der Waals surface area (Å²) in [7, 11) is 0. The highest BCUT2D eigenvalue weighted by Gasteiger charge is 2.00. The van der Waals surface area contributed by atoms with Crippen LogP contribution in [0.15, 0.2) is 0 Å². The van der Waals surface area contributed by atoms with E-state index < -0.39 is 0 Å². The van der Waals surface area contributed by atoms with Gasteiger partial charge in [0.1, 0.15) is 0 Å². The Labute approximate surface area is 48.3 Å². The zero-order chi connectivity index (χ0) is 6.41. The highest BCUT2D eigenvalue weighted by Crippen LogP contribution is 1.84. The fourth-order valence-corrected chi connectivity index (χ4v) is 0.383. The normalized spacial score (nSPS) is 13.9. The lowest BCUT2D eigenvalue weighted by molar-refractivity contribution is 0.201. The molecule has 0 bridgehead atoms. The average molecular weight is 120 g/mol. The maximum absolute atomic E-state index is 8.40. The minimum Gasteiger partial charge on any atom is -0.396 e. The topological polar surface area (TPSA) is 78.5 Å². The van der Waals surface area contributed by atoms with Crippen LogP contribution in [0.5, 0.6) is 0 Å². The molecule has 0 aliphatic carbocycles. The fourth-order valence-electron chi connectivity index (χ4n) is 0.383. The molecule has 0 saturated carbocycles. The summed E-state index contributed by atoms with van der Waals surface area (Å²) in [6.07, 6.45) is 0.493. The molecule has 0 aromatic heterocycles. The highest BCUT2D eigenvalue weighted by atomic mass is 16.3.